The monoisotopic (exact) mass is 731 g/mol. The normalized spacial score (nSPS) is 12.1. The van der Waals surface area contributed by atoms with Gasteiger partial charge in [-0.2, -0.15) is 0 Å². The highest BCUT2D eigenvalue weighted by atomic mass is 79.9. The van der Waals surface area contributed by atoms with Crippen molar-refractivity contribution in [2.24, 2.45) is 0 Å². The lowest BCUT2D eigenvalue weighted by atomic mass is 10.0. The average Bonchev–Trinajstić information content (AvgIpc) is 3.55. The second-order valence-electron chi connectivity index (χ2n) is 8.34. The van der Waals surface area contributed by atoms with E-state index in [-0.39, 0.29) is 0 Å². The van der Waals surface area contributed by atoms with Crippen molar-refractivity contribution >= 4 is 90.8 Å². The standard InChI is InChI=1S/C15H10BrCl.C9H6BrCl.C6H5BBrO2/c16-14-7-2-1-6-12(14)13-8-10-4-3-5-11(10)9-15(13)17;10-8-4-6-2-1-3-7(6)5-9(8)11;8-5-3-1-2-4-6(5)10-7-9/h1-4,6-9H,5H2;1-2,4-5H,3H2;1-4,9H. The highest BCUT2D eigenvalue weighted by Gasteiger charge is 2.13. The van der Waals surface area contributed by atoms with Crippen molar-refractivity contribution in [3.05, 3.63) is 131 Å². The molecule has 4 aromatic carbocycles. The summed E-state index contributed by atoms with van der Waals surface area (Å²) in [6, 6.07) is 23.7. The number of allylic oxidation sites excluding steroid dienone is 2. The number of rotatable bonds is 3. The van der Waals surface area contributed by atoms with Gasteiger partial charge >= 0.3 is 7.69 Å². The number of benzene rings is 4. The third-order valence-corrected chi connectivity index (χ3v) is 8.72. The van der Waals surface area contributed by atoms with E-state index < -0.39 is 0 Å². The Morgan fingerprint density at radius 2 is 1.24 bits per heavy atom. The fourth-order valence-electron chi connectivity index (χ4n) is 4.01. The molecule has 2 aliphatic rings. The molecule has 191 valence electrons. The number of para-hydroxylation sites is 1. The average molecular weight is 735 g/mol. The number of hydrogen-bond acceptors (Lipinski definition) is 2. The fourth-order valence-corrected chi connectivity index (χ4v) is 5.72. The molecule has 1 N–H and O–H groups in total. The predicted octanol–water partition coefficient (Wildman–Crippen LogP) is 10.4. The van der Waals surface area contributed by atoms with Gasteiger partial charge in [-0.3, -0.25) is 0 Å². The smallest absolute Gasteiger partial charge is 0.537 e. The molecule has 0 saturated carbocycles. The van der Waals surface area contributed by atoms with E-state index in [9.17, 15) is 0 Å². The first-order valence-electron chi connectivity index (χ1n) is 11.6. The molecule has 2 nitrogen and oxygen atoms in total. The van der Waals surface area contributed by atoms with Crippen LogP contribution in [-0.4, -0.2) is 12.7 Å². The van der Waals surface area contributed by atoms with Crippen LogP contribution in [0, 0.1) is 0 Å². The Bertz CT molecular complexity index is 1510. The Hall–Kier alpha value is -1.80. The van der Waals surface area contributed by atoms with E-state index in [1.165, 1.54) is 22.3 Å². The van der Waals surface area contributed by atoms with Crippen LogP contribution in [-0.2, 0) is 12.8 Å². The molecule has 2 aliphatic carbocycles. The second-order valence-corrected chi connectivity index (χ2v) is 11.7. The van der Waals surface area contributed by atoms with Gasteiger partial charge in [-0.25, -0.2) is 0 Å². The van der Waals surface area contributed by atoms with E-state index in [1.807, 2.05) is 42.5 Å². The molecule has 8 heteroatoms. The third-order valence-electron chi connectivity index (χ3n) is 5.86. The summed E-state index contributed by atoms with van der Waals surface area (Å²) < 4.78 is 7.59. The van der Waals surface area contributed by atoms with E-state index in [2.05, 4.69) is 96.4 Å². The summed E-state index contributed by atoms with van der Waals surface area (Å²) in [6.45, 7) is 0. The van der Waals surface area contributed by atoms with E-state index >= 15 is 0 Å². The van der Waals surface area contributed by atoms with E-state index in [0.29, 0.717) is 13.4 Å². The Morgan fingerprint density at radius 3 is 1.87 bits per heavy atom. The van der Waals surface area contributed by atoms with Crippen LogP contribution in [0.15, 0.2) is 98.4 Å². The van der Waals surface area contributed by atoms with Gasteiger partial charge < -0.3 is 9.68 Å². The van der Waals surface area contributed by atoms with Gasteiger partial charge in [0.2, 0.25) is 0 Å². The molecule has 0 aromatic heterocycles. The molecular formula is C30H21BBr3Cl2O2. The van der Waals surface area contributed by atoms with Gasteiger partial charge in [0.15, 0.2) is 0 Å². The Labute approximate surface area is 259 Å². The zero-order chi connectivity index (χ0) is 27.1. The van der Waals surface area contributed by atoms with Crippen molar-refractivity contribution in [2.75, 3.05) is 0 Å². The van der Waals surface area contributed by atoms with Crippen LogP contribution in [0.4, 0.5) is 0 Å². The predicted molar refractivity (Wildman–Crippen MR) is 172 cm³/mol. The summed E-state index contributed by atoms with van der Waals surface area (Å²) in [7, 11) is 0.653. The largest absolute Gasteiger partial charge is 0.569 e. The van der Waals surface area contributed by atoms with E-state index in [4.69, 9.17) is 32.9 Å². The quantitative estimate of drug-likeness (QED) is 0.213. The van der Waals surface area contributed by atoms with Gasteiger partial charge in [-0.15, -0.1) is 0 Å². The molecule has 0 atom stereocenters. The number of hydrogen-bond donors (Lipinski definition) is 1. The van der Waals surface area contributed by atoms with Gasteiger partial charge in [-0.05, 0) is 115 Å². The first-order chi connectivity index (χ1) is 18.4. The third kappa shape index (κ3) is 7.44. The summed E-state index contributed by atoms with van der Waals surface area (Å²) in [4.78, 5) is 0. The minimum atomic E-state index is 0.602. The Balaban J connectivity index is 0.000000140. The topological polar surface area (TPSA) is 29.5 Å². The molecule has 0 bridgehead atoms. The maximum Gasteiger partial charge on any atom is 0.569 e. The Kier molecular flexibility index (Phi) is 10.8. The molecule has 0 spiro atoms. The lowest BCUT2D eigenvalue weighted by Crippen LogP contribution is -1.99. The minimum Gasteiger partial charge on any atom is -0.537 e. The van der Waals surface area contributed by atoms with Crippen LogP contribution in [0.3, 0.4) is 0 Å². The lowest BCUT2D eigenvalue weighted by molar-refractivity contribution is 0.452. The first-order valence-corrected chi connectivity index (χ1v) is 14.8. The molecule has 0 saturated heterocycles. The van der Waals surface area contributed by atoms with Crippen molar-refractivity contribution in [3.63, 3.8) is 0 Å². The van der Waals surface area contributed by atoms with Gasteiger partial charge in [0.05, 0.1) is 9.50 Å². The fraction of sp³-hybridized carbons (Fsp3) is 0.0667. The number of halogens is 5. The van der Waals surface area contributed by atoms with Crippen molar-refractivity contribution in [2.45, 2.75) is 12.8 Å². The molecule has 6 rings (SSSR count). The molecule has 4 aromatic rings. The van der Waals surface area contributed by atoms with Gasteiger partial charge in [-0.1, -0.05) is 93.8 Å². The van der Waals surface area contributed by atoms with Crippen LogP contribution < -0.4 is 4.65 Å². The first kappa shape index (κ1) is 29.2. The zero-order valence-corrected chi connectivity index (χ0v) is 26.2. The molecule has 0 unspecified atom stereocenters. The molecule has 0 heterocycles. The van der Waals surface area contributed by atoms with Gasteiger partial charge in [0.25, 0.3) is 0 Å². The van der Waals surface area contributed by atoms with Gasteiger partial charge in [0.1, 0.15) is 5.75 Å². The van der Waals surface area contributed by atoms with E-state index in [1.54, 1.807) is 6.07 Å². The minimum absolute atomic E-state index is 0.602. The maximum atomic E-state index is 8.28. The van der Waals surface area contributed by atoms with Crippen molar-refractivity contribution in [1.29, 1.82) is 0 Å². The Morgan fingerprint density at radius 1 is 0.658 bits per heavy atom. The highest BCUT2D eigenvalue weighted by Crippen LogP contribution is 2.37. The van der Waals surface area contributed by atoms with Crippen LogP contribution in [0.5, 0.6) is 5.75 Å². The highest BCUT2D eigenvalue weighted by molar-refractivity contribution is 9.11. The summed E-state index contributed by atoms with van der Waals surface area (Å²) in [6.07, 6.45) is 10.6. The second kappa shape index (κ2) is 14.0. The SMILES string of the molecule is Clc1cc2c(cc1-c1ccccc1Br)C=CC2.Clc1cc2c(cc1Br)C=CC2.O[B]Oc1ccccc1Br. The van der Waals surface area contributed by atoms with Crippen molar-refractivity contribution in [3.8, 4) is 16.9 Å². The molecule has 0 fully saturated rings. The van der Waals surface area contributed by atoms with E-state index in [0.717, 1.165) is 47.4 Å². The summed E-state index contributed by atoms with van der Waals surface area (Å²) in [5.41, 5.74) is 7.41. The van der Waals surface area contributed by atoms with Gasteiger partial charge in [0, 0.05) is 19.5 Å². The maximum absolute atomic E-state index is 8.28. The molecule has 0 amide bonds. The summed E-state index contributed by atoms with van der Waals surface area (Å²) in [5.74, 6) is 0.602. The van der Waals surface area contributed by atoms with Crippen LogP contribution >= 0.6 is 71.0 Å². The summed E-state index contributed by atoms with van der Waals surface area (Å²) in [5, 5.41) is 9.89. The molecular weight excluding hydrogens is 714 g/mol. The van der Waals surface area contributed by atoms with Crippen molar-refractivity contribution < 1.29 is 9.68 Å². The lowest BCUT2D eigenvalue weighted by Gasteiger charge is -2.09. The van der Waals surface area contributed by atoms with Crippen LogP contribution in [0.1, 0.15) is 22.3 Å². The molecule has 38 heavy (non-hydrogen) atoms. The molecule has 0 aliphatic heterocycles. The zero-order valence-electron chi connectivity index (χ0n) is 20.0. The van der Waals surface area contributed by atoms with Crippen LogP contribution in [0.2, 0.25) is 10.0 Å². The summed E-state index contributed by atoms with van der Waals surface area (Å²) >= 11 is 22.5. The molecule has 1 radical (unpaired) electrons. The number of fused-ring (bicyclic) bond motifs is 2. The van der Waals surface area contributed by atoms with Crippen LogP contribution in [0.25, 0.3) is 23.3 Å². The van der Waals surface area contributed by atoms with Crippen molar-refractivity contribution in [1.82, 2.24) is 0 Å².